The summed E-state index contributed by atoms with van der Waals surface area (Å²) in [5, 5.41) is 3.61. The molecule has 1 saturated carbocycles. The minimum Gasteiger partial charge on any atom is -0.310 e. The van der Waals surface area contributed by atoms with Crippen molar-refractivity contribution in [2.45, 2.75) is 50.9 Å². The first-order valence-electron chi connectivity index (χ1n) is 8.41. The summed E-state index contributed by atoms with van der Waals surface area (Å²) in [4.78, 5) is 4.99. The number of piperidine rings is 1. The molecule has 0 spiro atoms. The van der Waals surface area contributed by atoms with Crippen molar-refractivity contribution in [1.82, 2.24) is 15.1 Å². The number of likely N-dealkylation sites (N-methyl/N-ethyl adjacent to an activating group) is 1. The van der Waals surface area contributed by atoms with Crippen molar-refractivity contribution in [3.63, 3.8) is 0 Å². The molecule has 21 heavy (non-hydrogen) atoms. The topological polar surface area (TPSA) is 18.5 Å². The van der Waals surface area contributed by atoms with Crippen LogP contribution in [-0.4, -0.2) is 49.1 Å². The van der Waals surface area contributed by atoms with Gasteiger partial charge in [-0.05, 0) is 57.5 Å². The molecule has 0 amide bonds. The third-order valence-corrected chi connectivity index (χ3v) is 4.78. The predicted octanol–water partition coefficient (Wildman–Crippen LogP) is 2.46. The van der Waals surface area contributed by atoms with Crippen molar-refractivity contribution in [3.8, 4) is 0 Å². The standard InChI is InChI=1S/C18H29N3/c1-20(2)18-7-4-10-21(14-18)13-16-6-3-5-15(11-16)12-19-17-8-9-17/h3,5-6,11,17-19H,4,7-10,12-14H2,1-2H3. The second-order valence-electron chi connectivity index (χ2n) is 6.97. The van der Waals surface area contributed by atoms with E-state index in [0.29, 0.717) is 0 Å². The first-order valence-corrected chi connectivity index (χ1v) is 8.41. The second kappa shape index (κ2) is 6.91. The van der Waals surface area contributed by atoms with Crippen molar-refractivity contribution in [3.05, 3.63) is 35.4 Å². The monoisotopic (exact) mass is 287 g/mol. The van der Waals surface area contributed by atoms with E-state index in [4.69, 9.17) is 0 Å². The van der Waals surface area contributed by atoms with Gasteiger partial charge in [-0.25, -0.2) is 0 Å². The zero-order valence-corrected chi connectivity index (χ0v) is 13.5. The van der Waals surface area contributed by atoms with Crippen LogP contribution in [0, 0.1) is 0 Å². The fourth-order valence-corrected chi connectivity index (χ4v) is 3.24. The summed E-state index contributed by atoms with van der Waals surface area (Å²) >= 11 is 0. The third kappa shape index (κ3) is 4.53. The van der Waals surface area contributed by atoms with Crippen LogP contribution in [0.1, 0.15) is 36.8 Å². The molecule has 1 aliphatic carbocycles. The lowest BCUT2D eigenvalue weighted by Crippen LogP contribution is -2.44. The number of hydrogen-bond acceptors (Lipinski definition) is 3. The zero-order valence-electron chi connectivity index (χ0n) is 13.5. The molecule has 1 aromatic carbocycles. The number of rotatable bonds is 6. The van der Waals surface area contributed by atoms with Crippen LogP contribution in [0.3, 0.4) is 0 Å². The summed E-state index contributed by atoms with van der Waals surface area (Å²) < 4.78 is 0. The number of nitrogens with zero attached hydrogens (tertiary/aromatic N) is 2. The Morgan fingerprint density at radius 3 is 2.76 bits per heavy atom. The van der Waals surface area contributed by atoms with Gasteiger partial charge in [-0.2, -0.15) is 0 Å². The summed E-state index contributed by atoms with van der Waals surface area (Å²) in [7, 11) is 4.41. The van der Waals surface area contributed by atoms with E-state index in [1.54, 1.807) is 0 Å². The van der Waals surface area contributed by atoms with Crippen molar-refractivity contribution < 1.29 is 0 Å². The first-order chi connectivity index (χ1) is 10.2. The van der Waals surface area contributed by atoms with Crippen molar-refractivity contribution in [2.24, 2.45) is 0 Å². The SMILES string of the molecule is CN(C)C1CCCN(Cc2cccc(CNC3CC3)c2)C1. The van der Waals surface area contributed by atoms with E-state index in [9.17, 15) is 0 Å². The molecular formula is C18H29N3. The summed E-state index contributed by atoms with van der Waals surface area (Å²) in [5.74, 6) is 0. The van der Waals surface area contributed by atoms with Gasteiger partial charge in [0.25, 0.3) is 0 Å². The minimum atomic E-state index is 0.721. The Labute approximate surface area is 129 Å². The van der Waals surface area contributed by atoms with Gasteiger partial charge in [0, 0.05) is 31.7 Å². The van der Waals surface area contributed by atoms with Crippen LogP contribution in [0.25, 0.3) is 0 Å². The third-order valence-electron chi connectivity index (χ3n) is 4.78. The summed E-state index contributed by atoms with van der Waals surface area (Å²) in [6.07, 6.45) is 5.39. The first kappa shape index (κ1) is 15.0. The fourth-order valence-electron chi connectivity index (χ4n) is 3.24. The summed E-state index contributed by atoms with van der Waals surface area (Å²) in [6.45, 7) is 4.58. The average molecular weight is 287 g/mol. The molecule has 116 valence electrons. The molecule has 1 heterocycles. The Morgan fingerprint density at radius 2 is 2.00 bits per heavy atom. The Morgan fingerprint density at radius 1 is 1.19 bits per heavy atom. The van der Waals surface area contributed by atoms with Crippen LogP contribution in [-0.2, 0) is 13.1 Å². The highest BCUT2D eigenvalue weighted by atomic mass is 15.2. The number of hydrogen-bond donors (Lipinski definition) is 1. The van der Waals surface area contributed by atoms with Crippen molar-refractivity contribution in [1.29, 1.82) is 0 Å². The molecule has 1 saturated heterocycles. The van der Waals surface area contributed by atoms with Gasteiger partial charge in [0.2, 0.25) is 0 Å². The summed E-state index contributed by atoms with van der Waals surface area (Å²) in [6, 6.07) is 10.6. The number of nitrogens with one attached hydrogen (secondary N) is 1. The van der Waals surface area contributed by atoms with Crippen molar-refractivity contribution in [2.75, 3.05) is 27.2 Å². The molecule has 3 heteroatoms. The van der Waals surface area contributed by atoms with Crippen LogP contribution >= 0.6 is 0 Å². The van der Waals surface area contributed by atoms with Crippen molar-refractivity contribution >= 4 is 0 Å². The molecule has 3 rings (SSSR count). The van der Waals surface area contributed by atoms with E-state index < -0.39 is 0 Å². The normalized spacial score (nSPS) is 23.7. The predicted molar refractivity (Wildman–Crippen MR) is 88.3 cm³/mol. The lowest BCUT2D eigenvalue weighted by molar-refractivity contribution is 0.128. The molecule has 1 aliphatic heterocycles. The van der Waals surface area contributed by atoms with Gasteiger partial charge in [0.1, 0.15) is 0 Å². The smallest absolute Gasteiger partial charge is 0.0234 e. The largest absolute Gasteiger partial charge is 0.310 e. The Hall–Kier alpha value is -0.900. The maximum atomic E-state index is 3.61. The molecule has 1 atom stereocenters. The number of benzene rings is 1. The lowest BCUT2D eigenvalue weighted by Gasteiger charge is -2.36. The van der Waals surface area contributed by atoms with Gasteiger partial charge in [0.15, 0.2) is 0 Å². The van der Waals surface area contributed by atoms with Gasteiger partial charge >= 0.3 is 0 Å². The quantitative estimate of drug-likeness (QED) is 0.867. The van der Waals surface area contributed by atoms with Gasteiger partial charge < -0.3 is 10.2 Å². The molecular weight excluding hydrogens is 258 g/mol. The van der Waals surface area contributed by atoms with E-state index in [-0.39, 0.29) is 0 Å². The molecule has 1 unspecified atom stereocenters. The second-order valence-corrected chi connectivity index (χ2v) is 6.97. The van der Waals surface area contributed by atoms with Crippen LogP contribution in [0.5, 0.6) is 0 Å². The Bertz CT molecular complexity index is 454. The highest BCUT2D eigenvalue weighted by Gasteiger charge is 2.22. The highest BCUT2D eigenvalue weighted by Crippen LogP contribution is 2.20. The minimum absolute atomic E-state index is 0.721. The van der Waals surface area contributed by atoms with E-state index in [1.165, 1.54) is 49.9 Å². The van der Waals surface area contributed by atoms with Crippen LogP contribution in [0.2, 0.25) is 0 Å². The molecule has 3 nitrogen and oxygen atoms in total. The van der Waals surface area contributed by atoms with Gasteiger partial charge in [-0.15, -0.1) is 0 Å². The molecule has 0 aromatic heterocycles. The molecule has 2 aliphatic rings. The van der Waals surface area contributed by atoms with E-state index in [0.717, 1.165) is 25.2 Å². The van der Waals surface area contributed by atoms with E-state index in [1.807, 2.05) is 0 Å². The Balaban J connectivity index is 1.54. The van der Waals surface area contributed by atoms with Gasteiger partial charge in [-0.3, -0.25) is 4.90 Å². The van der Waals surface area contributed by atoms with Gasteiger partial charge in [-0.1, -0.05) is 24.3 Å². The molecule has 1 N–H and O–H groups in total. The zero-order chi connectivity index (χ0) is 14.7. The van der Waals surface area contributed by atoms with Crippen LogP contribution in [0.15, 0.2) is 24.3 Å². The lowest BCUT2D eigenvalue weighted by atomic mass is 10.0. The van der Waals surface area contributed by atoms with Crippen LogP contribution < -0.4 is 5.32 Å². The molecule has 2 fully saturated rings. The Kier molecular flexibility index (Phi) is 4.94. The van der Waals surface area contributed by atoms with Crippen LogP contribution in [0.4, 0.5) is 0 Å². The maximum absolute atomic E-state index is 3.61. The highest BCUT2D eigenvalue weighted by molar-refractivity contribution is 5.23. The molecule has 0 bridgehead atoms. The van der Waals surface area contributed by atoms with E-state index >= 15 is 0 Å². The fraction of sp³-hybridized carbons (Fsp3) is 0.667. The van der Waals surface area contributed by atoms with E-state index in [2.05, 4.69) is 53.5 Å². The molecule has 1 aromatic rings. The maximum Gasteiger partial charge on any atom is 0.0234 e. The molecule has 0 radical (unpaired) electrons. The van der Waals surface area contributed by atoms with Gasteiger partial charge in [0.05, 0.1) is 0 Å². The average Bonchev–Trinajstić information content (AvgIpc) is 3.30. The number of likely N-dealkylation sites (tertiary alicyclic amines) is 1. The summed E-state index contributed by atoms with van der Waals surface area (Å²) in [5.41, 5.74) is 2.89.